The average molecular weight is 774 g/mol. The number of thioether (sulfide) groups is 1. The van der Waals surface area contributed by atoms with Crippen molar-refractivity contribution in [2.24, 2.45) is 0 Å². The summed E-state index contributed by atoms with van der Waals surface area (Å²) in [6.07, 6.45) is 5.81. The van der Waals surface area contributed by atoms with Crippen LogP contribution in [0.4, 0.5) is 18.0 Å². The van der Waals surface area contributed by atoms with Gasteiger partial charge in [0, 0.05) is 28.9 Å². The minimum Gasteiger partial charge on any atom is -0.480 e. The second kappa shape index (κ2) is 19.9. The van der Waals surface area contributed by atoms with Gasteiger partial charge in [-0.15, -0.1) is 11.8 Å². The van der Waals surface area contributed by atoms with E-state index in [4.69, 9.17) is 34.1 Å². The normalized spacial score (nSPS) is 17.3. The number of carboxylic acid groups (broad SMARTS) is 1. The second-order valence-corrected chi connectivity index (χ2v) is 13.1. The molecule has 0 saturated carbocycles. The lowest BCUT2D eigenvalue weighted by molar-refractivity contribution is -0.156. The van der Waals surface area contributed by atoms with E-state index in [0.29, 0.717) is 6.07 Å². The van der Waals surface area contributed by atoms with E-state index in [-0.39, 0.29) is 48.1 Å². The molecule has 3 aromatic rings. The lowest BCUT2D eigenvalue weighted by Crippen LogP contribution is -2.47. The van der Waals surface area contributed by atoms with E-state index in [2.05, 4.69) is 15.4 Å². The highest BCUT2D eigenvalue weighted by molar-refractivity contribution is 8.00. The fourth-order valence-electron chi connectivity index (χ4n) is 5.00. The van der Waals surface area contributed by atoms with E-state index in [9.17, 15) is 28.0 Å². The second-order valence-electron chi connectivity index (χ2n) is 11.4. The lowest BCUT2D eigenvalue weighted by atomic mass is 9.89. The van der Waals surface area contributed by atoms with E-state index < -0.39 is 78.4 Å². The Labute approximate surface area is 310 Å². The summed E-state index contributed by atoms with van der Waals surface area (Å²) < 4.78 is 72.3. The molecule has 1 fully saturated rings. The number of amides is 1. The summed E-state index contributed by atoms with van der Waals surface area (Å²) >= 11 is 1.21. The van der Waals surface area contributed by atoms with Crippen molar-refractivity contribution in [2.75, 3.05) is 26.6 Å². The molecule has 0 aliphatic carbocycles. The fraction of sp³-hybridized carbons (Fsp3) is 0.343. The van der Waals surface area contributed by atoms with Crippen LogP contribution in [-0.2, 0) is 50.2 Å². The predicted molar refractivity (Wildman–Crippen MR) is 182 cm³/mol. The molecule has 15 nitrogen and oxygen atoms in total. The number of nitrogens with zero attached hydrogens (tertiary/aromatic N) is 4. The highest BCUT2D eigenvalue weighted by atomic mass is 32.2. The van der Waals surface area contributed by atoms with E-state index in [1.165, 1.54) is 47.3 Å². The zero-order valence-electron chi connectivity index (χ0n) is 28.6. The number of nitriles is 1. The number of benzene rings is 2. The Balaban J connectivity index is 1.42. The molecule has 19 heteroatoms. The number of halogens is 3. The number of ether oxygens (including phenoxy) is 5. The highest BCUT2D eigenvalue weighted by Crippen LogP contribution is 2.42. The molecule has 1 amide bonds. The minimum absolute atomic E-state index is 0.137. The van der Waals surface area contributed by atoms with Gasteiger partial charge in [0.15, 0.2) is 11.9 Å². The number of carbonyl (C=O) groups is 4. The summed E-state index contributed by atoms with van der Waals surface area (Å²) in [6, 6.07) is 8.71. The number of allylic oxidation sites excluding steroid dienone is 2. The Morgan fingerprint density at radius 3 is 2.56 bits per heavy atom. The van der Waals surface area contributed by atoms with Gasteiger partial charge >= 0.3 is 18.1 Å². The van der Waals surface area contributed by atoms with Crippen LogP contribution in [0.2, 0.25) is 0 Å². The van der Waals surface area contributed by atoms with Crippen LogP contribution >= 0.6 is 11.8 Å². The number of hydrogen-bond acceptors (Lipinski definition) is 13. The molecular formula is C35H34F3N5O10S. The molecule has 0 bridgehead atoms. The number of hydrogen-bond donors (Lipinski definition) is 2. The number of aromatic nitrogens is 3. The molecule has 2 aromatic carbocycles. The van der Waals surface area contributed by atoms with Crippen molar-refractivity contribution in [1.29, 1.82) is 5.26 Å². The standard InChI is InChI=1S/C35H34F3N5O10S/c1-22(54-26-16-49-33(50-17-26)5-3-2-4-24-7-6-23(14-39)12-28(24)37)35(18-43-20-40-19-42-43,27-9-8-25(36)13-29(27)38)53-34(48)52-21-51-32(47)11-10-30(44)41-15-31(45)46/h2-9,12-13,19-20,22,26,33H,10-11,15-18,21H2,1H3,(H,41,44)(H,45,46). The van der Waals surface area contributed by atoms with Crippen molar-refractivity contribution in [3.8, 4) is 6.07 Å². The van der Waals surface area contributed by atoms with Gasteiger partial charge in [-0.3, -0.25) is 14.4 Å². The van der Waals surface area contributed by atoms with Crippen LogP contribution in [0.25, 0.3) is 6.08 Å². The predicted octanol–water partition coefficient (Wildman–Crippen LogP) is 4.23. The van der Waals surface area contributed by atoms with Gasteiger partial charge in [0.25, 0.3) is 0 Å². The van der Waals surface area contributed by atoms with Crippen molar-refractivity contribution in [3.63, 3.8) is 0 Å². The first-order valence-corrected chi connectivity index (χ1v) is 17.0. The molecule has 2 unspecified atom stereocenters. The molecule has 2 N–H and O–H groups in total. The quantitative estimate of drug-likeness (QED) is 0.112. The Hall–Kier alpha value is -5.71. The maximum absolute atomic E-state index is 15.6. The van der Waals surface area contributed by atoms with E-state index in [1.807, 2.05) is 6.07 Å². The van der Waals surface area contributed by atoms with Gasteiger partial charge in [-0.2, -0.15) is 10.4 Å². The molecule has 54 heavy (non-hydrogen) atoms. The molecule has 0 spiro atoms. The summed E-state index contributed by atoms with van der Waals surface area (Å²) in [7, 11) is 0. The summed E-state index contributed by atoms with van der Waals surface area (Å²) in [5.41, 5.74) is -1.69. The number of rotatable bonds is 17. The zero-order valence-corrected chi connectivity index (χ0v) is 29.4. The number of carboxylic acids is 1. The SMILES string of the molecule is CC(SC1COC(C=CC=Cc2ccc(C#N)cc2F)OC1)C(Cn1cncn1)(OC(=O)OCOC(=O)CCC(=O)NCC(=O)O)c1ccc(F)cc1F. The van der Waals surface area contributed by atoms with Crippen LogP contribution in [0, 0.1) is 28.8 Å². The average Bonchev–Trinajstić information content (AvgIpc) is 3.65. The van der Waals surface area contributed by atoms with Crippen molar-refractivity contribution < 1.29 is 61.1 Å². The van der Waals surface area contributed by atoms with Crippen molar-refractivity contribution in [2.45, 2.75) is 48.7 Å². The first-order chi connectivity index (χ1) is 25.9. The molecule has 2 heterocycles. The Bertz CT molecular complexity index is 1880. The number of nitrogens with one attached hydrogen (secondary N) is 1. The number of carbonyl (C=O) groups excluding carboxylic acids is 3. The van der Waals surface area contributed by atoms with Gasteiger partial charge in [0.1, 0.15) is 36.7 Å². The van der Waals surface area contributed by atoms with Crippen LogP contribution in [-0.4, -0.2) is 87.2 Å². The van der Waals surface area contributed by atoms with Crippen molar-refractivity contribution in [1.82, 2.24) is 20.1 Å². The van der Waals surface area contributed by atoms with E-state index in [0.717, 1.165) is 18.2 Å². The largest absolute Gasteiger partial charge is 0.512 e. The summed E-state index contributed by atoms with van der Waals surface area (Å²) in [5, 5.41) is 22.4. The third kappa shape index (κ3) is 12.2. The van der Waals surface area contributed by atoms with Crippen molar-refractivity contribution >= 4 is 41.8 Å². The fourth-order valence-corrected chi connectivity index (χ4v) is 6.36. The first kappa shape index (κ1) is 41.1. The van der Waals surface area contributed by atoms with Gasteiger partial charge in [0.2, 0.25) is 12.7 Å². The molecule has 4 rings (SSSR count). The van der Waals surface area contributed by atoms with Gasteiger partial charge in [0.05, 0.1) is 43.1 Å². The third-order valence-corrected chi connectivity index (χ3v) is 9.08. The van der Waals surface area contributed by atoms with Crippen LogP contribution in [0.3, 0.4) is 0 Å². The van der Waals surface area contributed by atoms with Gasteiger partial charge in [-0.25, -0.2) is 27.6 Å². The minimum atomic E-state index is -1.94. The highest BCUT2D eigenvalue weighted by Gasteiger charge is 2.47. The van der Waals surface area contributed by atoms with Crippen molar-refractivity contribution in [3.05, 3.63) is 101 Å². The number of esters is 1. The van der Waals surface area contributed by atoms with Crippen LogP contribution in [0.15, 0.2) is 67.3 Å². The Morgan fingerprint density at radius 1 is 1.11 bits per heavy atom. The maximum atomic E-state index is 15.6. The maximum Gasteiger partial charge on any atom is 0.512 e. The molecular weight excluding hydrogens is 739 g/mol. The molecule has 1 aliphatic rings. The lowest BCUT2D eigenvalue weighted by Gasteiger charge is -2.40. The van der Waals surface area contributed by atoms with Gasteiger partial charge in [-0.1, -0.05) is 24.3 Å². The zero-order chi connectivity index (χ0) is 39.1. The molecule has 1 saturated heterocycles. The smallest absolute Gasteiger partial charge is 0.480 e. The Kier molecular flexibility index (Phi) is 15.2. The summed E-state index contributed by atoms with van der Waals surface area (Å²) in [5.74, 6) is -5.41. The topological polar surface area (TPSA) is 201 Å². The number of aliphatic carboxylic acids is 1. The van der Waals surface area contributed by atoms with Crippen LogP contribution in [0.1, 0.15) is 36.5 Å². The van der Waals surface area contributed by atoms with Crippen LogP contribution < -0.4 is 5.32 Å². The monoisotopic (exact) mass is 773 g/mol. The van der Waals surface area contributed by atoms with E-state index >= 15 is 4.39 Å². The Morgan fingerprint density at radius 2 is 1.89 bits per heavy atom. The molecule has 1 aliphatic heterocycles. The van der Waals surface area contributed by atoms with Crippen LogP contribution in [0.5, 0.6) is 0 Å². The summed E-state index contributed by atoms with van der Waals surface area (Å²) in [6.45, 7) is 0.00425. The summed E-state index contributed by atoms with van der Waals surface area (Å²) in [4.78, 5) is 51.3. The first-order valence-electron chi connectivity index (χ1n) is 16.1. The molecule has 0 radical (unpaired) electrons. The van der Waals surface area contributed by atoms with Gasteiger partial charge in [-0.05, 0) is 37.3 Å². The molecule has 2 atom stereocenters. The molecule has 286 valence electrons. The van der Waals surface area contributed by atoms with Gasteiger partial charge < -0.3 is 34.1 Å². The third-order valence-electron chi connectivity index (χ3n) is 7.64. The molecule has 1 aromatic heterocycles. The van der Waals surface area contributed by atoms with E-state index in [1.54, 1.807) is 25.2 Å².